The van der Waals surface area contributed by atoms with Crippen LogP contribution in [0, 0.1) is 11.8 Å². The number of sulfonamides is 1. The van der Waals surface area contributed by atoms with Gasteiger partial charge in [-0.05, 0) is 60.6 Å². The molecule has 35 heavy (non-hydrogen) atoms. The van der Waals surface area contributed by atoms with Crippen LogP contribution in [0.2, 0.25) is 5.02 Å². The van der Waals surface area contributed by atoms with Crippen molar-refractivity contribution in [1.29, 1.82) is 0 Å². The molecular formula is C22H18ClN5O5S2. The lowest BCUT2D eigenvalue weighted by atomic mass is 10.1. The van der Waals surface area contributed by atoms with E-state index in [9.17, 15) is 22.9 Å². The van der Waals surface area contributed by atoms with Crippen LogP contribution in [0.5, 0.6) is 0 Å². The first kappa shape index (κ1) is 24.4. The van der Waals surface area contributed by atoms with Gasteiger partial charge in [0.2, 0.25) is 0 Å². The van der Waals surface area contributed by atoms with Crippen molar-refractivity contribution in [3.05, 3.63) is 79.9 Å². The Morgan fingerprint density at radius 1 is 1.06 bits per heavy atom. The van der Waals surface area contributed by atoms with Crippen LogP contribution in [0.4, 0.5) is 21.9 Å². The van der Waals surface area contributed by atoms with Gasteiger partial charge in [-0.3, -0.25) is 9.36 Å². The molecule has 0 unspecified atom stereocenters. The number of pyridine rings is 1. The van der Waals surface area contributed by atoms with Gasteiger partial charge in [-0.2, -0.15) is 0 Å². The zero-order valence-corrected chi connectivity index (χ0v) is 20.7. The SMILES string of the molecule is CNc1ccc2c(=O)n(-c3ccc(NC(=O)NS(=O)(=O)c4ccc(C)s4)cc3Cl)cc(N=O)c2c1. The minimum absolute atomic E-state index is 0.00985. The summed E-state index contributed by atoms with van der Waals surface area (Å²) in [4.78, 5) is 37.6. The number of nitrogens with one attached hydrogen (secondary N) is 3. The summed E-state index contributed by atoms with van der Waals surface area (Å²) in [7, 11) is -2.31. The van der Waals surface area contributed by atoms with E-state index >= 15 is 0 Å². The number of nitrogens with zero attached hydrogens (tertiary/aromatic N) is 2. The van der Waals surface area contributed by atoms with E-state index in [2.05, 4.69) is 15.8 Å². The van der Waals surface area contributed by atoms with Crippen LogP contribution in [0.3, 0.4) is 0 Å². The van der Waals surface area contributed by atoms with E-state index in [-0.39, 0.29) is 31.7 Å². The van der Waals surface area contributed by atoms with Gasteiger partial charge in [-0.1, -0.05) is 11.6 Å². The maximum atomic E-state index is 13.1. The molecule has 10 nitrogen and oxygen atoms in total. The number of thiophene rings is 1. The van der Waals surface area contributed by atoms with Crippen molar-refractivity contribution in [3.8, 4) is 5.69 Å². The van der Waals surface area contributed by atoms with Gasteiger partial charge in [0.25, 0.3) is 15.6 Å². The Labute approximate surface area is 208 Å². The number of nitroso groups, excluding NO2 is 1. The Balaban J connectivity index is 1.63. The molecule has 0 spiro atoms. The molecule has 0 saturated heterocycles. The summed E-state index contributed by atoms with van der Waals surface area (Å²) < 4.78 is 27.8. The molecule has 0 aliphatic heterocycles. The third-order valence-electron chi connectivity index (χ3n) is 5.06. The number of amides is 2. The van der Waals surface area contributed by atoms with Crippen LogP contribution in [0.15, 0.2) is 68.9 Å². The lowest BCUT2D eigenvalue weighted by Gasteiger charge is -2.13. The molecule has 2 aromatic carbocycles. The van der Waals surface area contributed by atoms with Gasteiger partial charge in [0, 0.05) is 40.3 Å². The number of aryl methyl sites for hydroxylation is 1. The lowest BCUT2D eigenvalue weighted by Crippen LogP contribution is -2.34. The van der Waals surface area contributed by atoms with E-state index < -0.39 is 21.6 Å². The highest BCUT2D eigenvalue weighted by Gasteiger charge is 2.20. The average Bonchev–Trinajstić information content (AvgIpc) is 3.26. The Morgan fingerprint density at radius 3 is 2.43 bits per heavy atom. The number of rotatable bonds is 6. The van der Waals surface area contributed by atoms with Gasteiger partial charge >= 0.3 is 6.03 Å². The third-order valence-corrected chi connectivity index (χ3v) is 8.18. The molecule has 2 amide bonds. The van der Waals surface area contributed by atoms with Crippen LogP contribution in [0.1, 0.15) is 4.88 Å². The first-order chi connectivity index (χ1) is 16.6. The Kier molecular flexibility index (Phi) is 6.61. The smallest absolute Gasteiger partial charge is 0.333 e. The fourth-order valence-electron chi connectivity index (χ4n) is 3.40. The number of hydrogen-bond acceptors (Lipinski definition) is 8. The average molecular weight is 532 g/mol. The molecule has 0 atom stereocenters. The molecule has 180 valence electrons. The first-order valence-corrected chi connectivity index (χ1v) is 12.7. The predicted molar refractivity (Wildman–Crippen MR) is 138 cm³/mol. The van der Waals surface area contributed by atoms with Crippen LogP contribution >= 0.6 is 22.9 Å². The van der Waals surface area contributed by atoms with Gasteiger partial charge in [-0.15, -0.1) is 16.2 Å². The number of anilines is 2. The highest BCUT2D eigenvalue weighted by atomic mass is 35.5. The highest BCUT2D eigenvalue weighted by Crippen LogP contribution is 2.30. The van der Waals surface area contributed by atoms with Gasteiger partial charge in [-0.25, -0.2) is 17.9 Å². The maximum absolute atomic E-state index is 13.1. The summed E-state index contributed by atoms with van der Waals surface area (Å²) in [5.74, 6) is 0. The number of carbonyl (C=O) groups excluding carboxylic acids is 1. The van der Waals surface area contributed by atoms with Gasteiger partial charge in [0.1, 0.15) is 9.90 Å². The van der Waals surface area contributed by atoms with E-state index in [0.29, 0.717) is 11.1 Å². The molecular weight excluding hydrogens is 514 g/mol. The van der Waals surface area contributed by atoms with Crippen LogP contribution in [-0.2, 0) is 10.0 Å². The second kappa shape index (κ2) is 9.49. The van der Waals surface area contributed by atoms with Crippen molar-refractivity contribution in [2.24, 2.45) is 5.18 Å². The second-order valence-corrected chi connectivity index (χ2v) is 11.0. The van der Waals surface area contributed by atoms with Gasteiger partial charge in [0.15, 0.2) is 0 Å². The second-order valence-electron chi connectivity index (χ2n) is 7.38. The summed E-state index contributed by atoms with van der Waals surface area (Å²) in [6.45, 7) is 1.75. The number of benzene rings is 2. The molecule has 4 rings (SSSR count). The largest absolute Gasteiger partial charge is 0.388 e. The van der Waals surface area contributed by atoms with Crippen LogP contribution < -0.4 is 20.9 Å². The number of carbonyl (C=O) groups is 1. The molecule has 0 radical (unpaired) electrons. The van der Waals surface area contributed by atoms with Crippen LogP contribution in [0.25, 0.3) is 16.5 Å². The van der Waals surface area contributed by atoms with Crippen molar-refractivity contribution in [3.63, 3.8) is 0 Å². The van der Waals surface area contributed by atoms with Crippen molar-refractivity contribution < 1.29 is 13.2 Å². The molecule has 0 saturated carbocycles. The fraction of sp³-hybridized carbons (Fsp3) is 0.0909. The number of fused-ring (bicyclic) bond motifs is 1. The minimum atomic E-state index is -4.03. The number of aromatic nitrogens is 1. The van der Waals surface area contributed by atoms with Crippen LogP contribution in [-0.4, -0.2) is 26.1 Å². The Bertz CT molecular complexity index is 1650. The summed E-state index contributed by atoms with van der Waals surface area (Å²) >= 11 is 7.41. The van der Waals surface area contributed by atoms with Crippen molar-refractivity contribution in [2.75, 3.05) is 17.7 Å². The predicted octanol–water partition coefficient (Wildman–Crippen LogP) is 4.96. The molecule has 13 heteroatoms. The molecule has 2 heterocycles. The zero-order chi connectivity index (χ0) is 25.3. The maximum Gasteiger partial charge on any atom is 0.333 e. The number of urea groups is 1. The standard InChI is InChI=1S/C22H18ClN5O5S2/c1-12-3-8-20(34-12)35(32,33)27-22(30)25-14-5-7-19(17(23)10-14)28-11-18(26-31)16-9-13(24-2)4-6-15(16)21(28)29/h3-11,24H,1-2H3,(H2,25,27,30). The molecule has 0 fully saturated rings. The van der Waals surface area contributed by atoms with Gasteiger partial charge in [0.05, 0.1) is 10.7 Å². The fourth-order valence-corrected chi connectivity index (χ4v) is 5.86. The topological polar surface area (TPSA) is 139 Å². The van der Waals surface area contributed by atoms with E-state index in [1.54, 1.807) is 38.2 Å². The minimum Gasteiger partial charge on any atom is -0.388 e. The molecule has 0 bridgehead atoms. The Morgan fingerprint density at radius 2 is 1.80 bits per heavy atom. The lowest BCUT2D eigenvalue weighted by molar-refractivity contribution is 0.256. The zero-order valence-electron chi connectivity index (χ0n) is 18.3. The van der Waals surface area contributed by atoms with E-state index in [1.165, 1.54) is 35.0 Å². The Hall–Kier alpha value is -3.74. The molecule has 0 aliphatic rings. The monoisotopic (exact) mass is 531 g/mol. The van der Waals surface area contributed by atoms with E-state index in [4.69, 9.17) is 11.6 Å². The summed E-state index contributed by atoms with van der Waals surface area (Å²) in [5, 5.41) is 9.12. The van der Waals surface area contributed by atoms with Crippen molar-refractivity contribution in [2.45, 2.75) is 11.1 Å². The summed E-state index contributed by atoms with van der Waals surface area (Å²) in [6, 6.07) is 11.2. The van der Waals surface area contributed by atoms with Crippen molar-refractivity contribution >= 4 is 66.8 Å². The number of halogens is 1. The number of hydrogen-bond donors (Lipinski definition) is 3. The first-order valence-electron chi connectivity index (χ1n) is 10.0. The quantitative estimate of drug-likeness (QED) is 0.300. The van der Waals surface area contributed by atoms with Gasteiger partial charge < -0.3 is 10.6 Å². The van der Waals surface area contributed by atoms with E-state index in [0.717, 1.165) is 16.2 Å². The summed E-state index contributed by atoms with van der Waals surface area (Å²) in [6.07, 6.45) is 1.29. The normalized spacial score (nSPS) is 11.3. The molecule has 4 aromatic rings. The molecule has 3 N–H and O–H groups in total. The van der Waals surface area contributed by atoms with E-state index in [1.807, 2.05) is 4.72 Å². The summed E-state index contributed by atoms with van der Waals surface area (Å²) in [5.41, 5.74) is 0.766. The molecule has 2 aromatic heterocycles. The molecule has 0 aliphatic carbocycles. The highest BCUT2D eigenvalue weighted by molar-refractivity contribution is 7.92. The third kappa shape index (κ3) is 4.90. The van der Waals surface area contributed by atoms with Crippen molar-refractivity contribution in [1.82, 2.24) is 9.29 Å².